The van der Waals surface area contributed by atoms with Crippen LogP contribution in [0.25, 0.3) is 0 Å². The molecule has 1 heterocycles. The van der Waals surface area contributed by atoms with Crippen LogP contribution in [0.2, 0.25) is 0 Å². The van der Waals surface area contributed by atoms with Gasteiger partial charge >= 0.3 is 0 Å². The molecule has 0 bridgehead atoms. The second kappa shape index (κ2) is 3.24. The lowest BCUT2D eigenvalue weighted by atomic mass is 9.92. The Hall–Kier alpha value is -0.540. The molecule has 14 heavy (non-hydrogen) atoms. The van der Waals surface area contributed by atoms with Crippen molar-refractivity contribution >= 4 is 15.9 Å². The maximum atomic E-state index is 9.92. The molecule has 0 radical (unpaired) electrons. The number of hydrogen-bond donors (Lipinski definition) is 1. The van der Waals surface area contributed by atoms with Crippen LogP contribution < -0.4 is 4.74 Å². The monoisotopic (exact) mass is 256 g/mol. The lowest BCUT2D eigenvalue weighted by molar-refractivity contribution is 0.0115. The molecule has 0 amide bonds. The van der Waals surface area contributed by atoms with Crippen LogP contribution in [0, 0.1) is 0 Å². The minimum Gasteiger partial charge on any atom is -0.487 e. The second-order valence-electron chi connectivity index (χ2n) is 4.26. The van der Waals surface area contributed by atoms with Gasteiger partial charge in [-0.1, -0.05) is 15.9 Å². The summed E-state index contributed by atoms with van der Waals surface area (Å²) in [5.74, 6) is 0.789. The number of aliphatic hydroxyl groups is 1. The summed E-state index contributed by atoms with van der Waals surface area (Å²) in [7, 11) is 0. The van der Waals surface area contributed by atoms with Crippen LogP contribution in [0.3, 0.4) is 0 Å². The largest absolute Gasteiger partial charge is 0.487 e. The first kappa shape index (κ1) is 9.99. The molecular formula is C11H13BrO2. The number of rotatable bonds is 0. The molecule has 0 fully saturated rings. The van der Waals surface area contributed by atoms with Crippen LogP contribution in [-0.4, -0.2) is 10.7 Å². The summed E-state index contributed by atoms with van der Waals surface area (Å²) in [6, 6.07) is 5.73. The predicted octanol–water partition coefficient (Wildman–Crippen LogP) is 3.04. The Kier molecular flexibility index (Phi) is 2.32. The molecule has 1 atom stereocenters. The van der Waals surface area contributed by atoms with Crippen LogP contribution in [0.4, 0.5) is 0 Å². The zero-order valence-electron chi connectivity index (χ0n) is 8.25. The molecule has 0 spiro atoms. The SMILES string of the molecule is CC1(C)CC(O)c2cc(Br)ccc2O1. The van der Waals surface area contributed by atoms with E-state index in [1.54, 1.807) is 0 Å². The lowest BCUT2D eigenvalue weighted by Crippen LogP contribution is -2.34. The van der Waals surface area contributed by atoms with Crippen molar-refractivity contribution in [3.8, 4) is 5.75 Å². The van der Waals surface area contributed by atoms with Gasteiger partial charge in [-0.3, -0.25) is 0 Å². The average molecular weight is 257 g/mol. The Morgan fingerprint density at radius 1 is 1.50 bits per heavy atom. The third-order valence-electron chi connectivity index (χ3n) is 2.40. The highest BCUT2D eigenvalue weighted by Crippen LogP contribution is 2.40. The van der Waals surface area contributed by atoms with Crippen molar-refractivity contribution in [3.05, 3.63) is 28.2 Å². The van der Waals surface area contributed by atoms with Crippen molar-refractivity contribution in [1.82, 2.24) is 0 Å². The van der Waals surface area contributed by atoms with E-state index < -0.39 is 6.10 Å². The highest BCUT2D eigenvalue weighted by atomic mass is 79.9. The highest BCUT2D eigenvalue weighted by Gasteiger charge is 2.32. The number of fused-ring (bicyclic) bond motifs is 1. The number of hydrogen-bond acceptors (Lipinski definition) is 2. The van der Waals surface area contributed by atoms with Crippen molar-refractivity contribution in [2.24, 2.45) is 0 Å². The van der Waals surface area contributed by atoms with E-state index >= 15 is 0 Å². The van der Waals surface area contributed by atoms with Gasteiger partial charge < -0.3 is 9.84 Å². The summed E-state index contributed by atoms with van der Waals surface area (Å²) in [5, 5.41) is 9.92. The van der Waals surface area contributed by atoms with Gasteiger partial charge in [-0.25, -0.2) is 0 Å². The van der Waals surface area contributed by atoms with E-state index in [9.17, 15) is 5.11 Å². The first-order valence-corrected chi connectivity index (χ1v) is 5.44. The second-order valence-corrected chi connectivity index (χ2v) is 5.18. The molecule has 76 valence electrons. The molecule has 1 aromatic rings. The fourth-order valence-corrected chi connectivity index (χ4v) is 2.17. The van der Waals surface area contributed by atoms with Gasteiger partial charge in [0.1, 0.15) is 11.4 Å². The van der Waals surface area contributed by atoms with Crippen molar-refractivity contribution in [3.63, 3.8) is 0 Å². The molecule has 1 aliphatic heterocycles. The fraction of sp³-hybridized carbons (Fsp3) is 0.455. The summed E-state index contributed by atoms with van der Waals surface area (Å²) in [5.41, 5.74) is 0.596. The molecule has 1 N–H and O–H groups in total. The van der Waals surface area contributed by atoms with E-state index in [4.69, 9.17) is 4.74 Å². The third-order valence-corrected chi connectivity index (χ3v) is 2.90. The van der Waals surface area contributed by atoms with Crippen LogP contribution in [0.5, 0.6) is 5.75 Å². The van der Waals surface area contributed by atoms with Crippen LogP contribution in [0.15, 0.2) is 22.7 Å². The van der Waals surface area contributed by atoms with Gasteiger partial charge in [-0.05, 0) is 32.0 Å². The van der Waals surface area contributed by atoms with Crippen LogP contribution in [0.1, 0.15) is 31.9 Å². The number of benzene rings is 1. The van der Waals surface area contributed by atoms with Gasteiger partial charge in [0.15, 0.2) is 0 Å². The van der Waals surface area contributed by atoms with Crippen molar-refractivity contribution in [1.29, 1.82) is 0 Å². The molecule has 0 saturated carbocycles. The molecule has 3 heteroatoms. The summed E-state index contributed by atoms with van der Waals surface area (Å²) in [6.07, 6.45) is 0.211. The maximum absolute atomic E-state index is 9.92. The van der Waals surface area contributed by atoms with E-state index in [1.807, 2.05) is 32.0 Å². The Bertz CT molecular complexity index is 360. The molecule has 0 aromatic heterocycles. The normalized spacial score (nSPS) is 23.9. The van der Waals surface area contributed by atoms with Crippen LogP contribution >= 0.6 is 15.9 Å². The Morgan fingerprint density at radius 3 is 2.93 bits per heavy atom. The van der Waals surface area contributed by atoms with Gasteiger partial charge in [-0.2, -0.15) is 0 Å². The van der Waals surface area contributed by atoms with Gasteiger partial charge in [0.25, 0.3) is 0 Å². The number of halogens is 1. The molecule has 1 unspecified atom stereocenters. The first-order chi connectivity index (χ1) is 6.48. The molecule has 0 aliphatic carbocycles. The lowest BCUT2D eigenvalue weighted by Gasteiger charge is -2.35. The zero-order chi connectivity index (χ0) is 10.3. The first-order valence-electron chi connectivity index (χ1n) is 4.64. The summed E-state index contributed by atoms with van der Waals surface area (Å²) in [4.78, 5) is 0. The van der Waals surface area contributed by atoms with E-state index in [1.165, 1.54) is 0 Å². The third kappa shape index (κ3) is 1.79. The van der Waals surface area contributed by atoms with Gasteiger partial charge in [0.2, 0.25) is 0 Å². The average Bonchev–Trinajstić information content (AvgIpc) is 2.05. The Morgan fingerprint density at radius 2 is 2.21 bits per heavy atom. The van der Waals surface area contributed by atoms with Gasteiger partial charge in [0, 0.05) is 16.5 Å². The van der Waals surface area contributed by atoms with Crippen LogP contribution in [-0.2, 0) is 0 Å². The molecular weight excluding hydrogens is 244 g/mol. The quantitative estimate of drug-likeness (QED) is 0.774. The van der Waals surface area contributed by atoms with Gasteiger partial charge in [-0.15, -0.1) is 0 Å². The smallest absolute Gasteiger partial charge is 0.125 e. The number of aliphatic hydroxyl groups excluding tert-OH is 1. The van der Waals surface area contributed by atoms with Gasteiger partial charge in [0.05, 0.1) is 6.10 Å². The maximum Gasteiger partial charge on any atom is 0.125 e. The Labute approximate surface area is 92.0 Å². The molecule has 2 nitrogen and oxygen atoms in total. The molecule has 1 aliphatic rings. The molecule has 0 saturated heterocycles. The van der Waals surface area contributed by atoms with E-state index in [0.29, 0.717) is 6.42 Å². The topological polar surface area (TPSA) is 29.5 Å². The summed E-state index contributed by atoms with van der Waals surface area (Å²) in [6.45, 7) is 3.97. The van der Waals surface area contributed by atoms with E-state index in [-0.39, 0.29) is 5.60 Å². The van der Waals surface area contributed by atoms with Crippen molar-refractivity contribution < 1.29 is 9.84 Å². The summed E-state index contributed by atoms with van der Waals surface area (Å²) < 4.78 is 6.73. The molecule has 1 aromatic carbocycles. The standard InChI is InChI=1S/C11H13BrO2/c1-11(2)6-9(13)8-5-7(12)3-4-10(8)14-11/h3-5,9,13H,6H2,1-2H3. The minimum atomic E-state index is -0.425. The fourth-order valence-electron chi connectivity index (χ4n) is 1.79. The van der Waals surface area contributed by atoms with Crippen molar-refractivity contribution in [2.45, 2.75) is 32.0 Å². The van der Waals surface area contributed by atoms with E-state index in [0.717, 1.165) is 15.8 Å². The van der Waals surface area contributed by atoms with Crippen molar-refractivity contribution in [2.75, 3.05) is 0 Å². The van der Waals surface area contributed by atoms with E-state index in [2.05, 4.69) is 15.9 Å². The zero-order valence-corrected chi connectivity index (χ0v) is 9.84. The molecule has 2 rings (SSSR count). The summed E-state index contributed by atoms with van der Waals surface area (Å²) >= 11 is 3.38. The highest BCUT2D eigenvalue weighted by molar-refractivity contribution is 9.10. The minimum absolute atomic E-state index is 0.278. The predicted molar refractivity (Wildman–Crippen MR) is 58.4 cm³/mol. The Balaban J connectivity index is 2.45. The number of ether oxygens (including phenoxy) is 1.